The van der Waals surface area contributed by atoms with Gasteiger partial charge in [0, 0.05) is 23.3 Å². The van der Waals surface area contributed by atoms with E-state index in [1.807, 2.05) is 24.3 Å². The molecule has 3 nitrogen and oxygen atoms in total. The van der Waals surface area contributed by atoms with Gasteiger partial charge in [0.15, 0.2) is 0 Å². The lowest BCUT2D eigenvalue weighted by Gasteiger charge is -1.97. The van der Waals surface area contributed by atoms with Crippen LogP contribution < -0.4 is 0 Å². The van der Waals surface area contributed by atoms with E-state index in [9.17, 15) is 0 Å². The molecule has 20 heavy (non-hydrogen) atoms. The molecular formula is C16H8ClN3. The van der Waals surface area contributed by atoms with Gasteiger partial charge in [-0.15, -0.1) is 0 Å². The van der Waals surface area contributed by atoms with Crippen molar-refractivity contribution in [2.45, 2.75) is 0 Å². The Morgan fingerprint density at radius 2 is 1.80 bits per heavy atom. The van der Waals surface area contributed by atoms with E-state index in [0.717, 1.165) is 11.0 Å². The first-order valence-electron chi connectivity index (χ1n) is 5.92. The molecule has 1 N–H and O–H groups in total. The number of hydrogen-bond acceptors (Lipinski definition) is 2. The summed E-state index contributed by atoms with van der Waals surface area (Å²) in [5.41, 5.74) is 2.61. The molecule has 4 heteroatoms. The average molecular weight is 278 g/mol. The summed E-state index contributed by atoms with van der Waals surface area (Å²) in [4.78, 5) is 7.24. The quantitative estimate of drug-likeness (QED) is 0.640. The highest BCUT2D eigenvalue weighted by Gasteiger charge is 2.05. The molecular weight excluding hydrogens is 270 g/mol. The first kappa shape index (κ1) is 12.3. The van der Waals surface area contributed by atoms with Crippen molar-refractivity contribution in [2.24, 2.45) is 0 Å². The van der Waals surface area contributed by atoms with Crippen LogP contribution in [-0.4, -0.2) is 9.97 Å². The Labute approximate surface area is 120 Å². The van der Waals surface area contributed by atoms with E-state index in [0.29, 0.717) is 21.7 Å². The van der Waals surface area contributed by atoms with Gasteiger partial charge in [0.25, 0.3) is 0 Å². The van der Waals surface area contributed by atoms with Gasteiger partial charge < -0.3 is 4.98 Å². The average Bonchev–Trinajstić information content (AvgIpc) is 2.96. The maximum atomic E-state index is 9.02. The molecule has 0 saturated carbocycles. The lowest BCUT2D eigenvalue weighted by molar-refractivity contribution is 1.32. The van der Waals surface area contributed by atoms with E-state index < -0.39 is 0 Å². The highest BCUT2D eigenvalue weighted by molar-refractivity contribution is 6.36. The smallest absolute Gasteiger partial charge is 0.138 e. The molecule has 1 aromatic carbocycles. The molecule has 0 aliphatic heterocycles. The third-order valence-electron chi connectivity index (χ3n) is 2.90. The highest BCUT2D eigenvalue weighted by Crippen LogP contribution is 2.24. The zero-order valence-corrected chi connectivity index (χ0v) is 11.1. The Morgan fingerprint density at radius 1 is 1.05 bits per heavy atom. The lowest BCUT2D eigenvalue weighted by Crippen LogP contribution is -1.85. The van der Waals surface area contributed by atoms with Crippen LogP contribution in [0.3, 0.4) is 0 Å². The molecule has 0 amide bonds. The highest BCUT2D eigenvalue weighted by atomic mass is 35.5. The van der Waals surface area contributed by atoms with Crippen LogP contribution in [0.4, 0.5) is 0 Å². The Morgan fingerprint density at radius 3 is 2.60 bits per heavy atom. The van der Waals surface area contributed by atoms with Gasteiger partial charge in [-0.25, -0.2) is 4.98 Å². The number of pyridine rings is 1. The number of halogens is 1. The standard InChI is InChI=1S/C16H8ClN3/c17-15-13(10-20-16-14(15)7-8-19-16)6-5-11-3-1-2-4-12(11)9-18/h1-4,7-8,10H,(H,19,20). The fourth-order valence-corrected chi connectivity index (χ4v) is 2.14. The number of nitrogens with one attached hydrogen (secondary N) is 1. The molecule has 3 rings (SSSR count). The van der Waals surface area contributed by atoms with Crippen molar-refractivity contribution in [1.29, 1.82) is 5.26 Å². The third kappa shape index (κ3) is 2.12. The summed E-state index contributed by atoms with van der Waals surface area (Å²) in [6, 6.07) is 11.2. The van der Waals surface area contributed by atoms with E-state index in [1.165, 1.54) is 0 Å². The Hall–Kier alpha value is -2.75. The third-order valence-corrected chi connectivity index (χ3v) is 3.31. The summed E-state index contributed by atoms with van der Waals surface area (Å²) in [6.45, 7) is 0. The normalized spacial score (nSPS) is 9.80. The number of fused-ring (bicyclic) bond motifs is 1. The van der Waals surface area contributed by atoms with Crippen LogP contribution in [0.1, 0.15) is 16.7 Å². The molecule has 2 heterocycles. The minimum Gasteiger partial charge on any atom is -0.346 e. The van der Waals surface area contributed by atoms with Gasteiger partial charge in [0.05, 0.1) is 16.1 Å². The summed E-state index contributed by atoms with van der Waals surface area (Å²) in [6.07, 6.45) is 3.41. The summed E-state index contributed by atoms with van der Waals surface area (Å²) in [5, 5.41) is 10.4. The largest absolute Gasteiger partial charge is 0.346 e. The molecule has 0 aliphatic rings. The Balaban J connectivity index is 2.08. The van der Waals surface area contributed by atoms with Crippen molar-refractivity contribution in [2.75, 3.05) is 0 Å². The number of aromatic amines is 1. The van der Waals surface area contributed by atoms with Crippen LogP contribution in [-0.2, 0) is 0 Å². The zero-order valence-electron chi connectivity index (χ0n) is 10.3. The molecule has 0 bridgehead atoms. The van der Waals surface area contributed by atoms with Crippen molar-refractivity contribution in [1.82, 2.24) is 9.97 Å². The first-order valence-corrected chi connectivity index (χ1v) is 6.30. The fourth-order valence-electron chi connectivity index (χ4n) is 1.89. The van der Waals surface area contributed by atoms with Gasteiger partial charge in [0.1, 0.15) is 11.7 Å². The van der Waals surface area contributed by atoms with Gasteiger partial charge >= 0.3 is 0 Å². The molecule has 0 saturated heterocycles. The van der Waals surface area contributed by atoms with E-state index in [1.54, 1.807) is 18.5 Å². The van der Waals surface area contributed by atoms with Gasteiger partial charge in [0.2, 0.25) is 0 Å². The lowest BCUT2D eigenvalue weighted by atomic mass is 10.1. The molecule has 0 atom stereocenters. The van der Waals surface area contributed by atoms with Gasteiger partial charge in [-0.1, -0.05) is 35.6 Å². The number of hydrogen-bond donors (Lipinski definition) is 1. The van der Waals surface area contributed by atoms with Crippen LogP contribution in [0.2, 0.25) is 5.02 Å². The van der Waals surface area contributed by atoms with E-state index in [2.05, 4.69) is 27.9 Å². The summed E-state index contributed by atoms with van der Waals surface area (Å²) < 4.78 is 0. The SMILES string of the molecule is N#Cc1ccccc1C#Cc1cnc2[nH]ccc2c1Cl. The second-order valence-corrected chi connectivity index (χ2v) is 4.51. The molecule has 0 radical (unpaired) electrons. The molecule has 0 aliphatic carbocycles. The van der Waals surface area contributed by atoms with Crippen LogP contribution in [0.25, 0.3) is 11.0 Å². The van der Waals surface area contributed by atoms with E-state index >= 15 is 0 Å². The molecule has 0 spiro atoms. The second kappa shape index (κ2) is 5.09. The van der Waals surface area contributed by atoms with E-state index in [4.69, 9.17) is 16.9 Å². The fraction of sp³-hybridized carbons (Fsp3) is 0. The number of benzene rings is 1. The molecule has 3 aromatic rings. The zero-order chi connectivity index (χ0) is 13.9. The van der Waals surface area contributed by atoms with E-state index in [-0.39, 0.29) is 0 Å². The van der Waals surface area contributed by atoms with Gasteiger partial charge in [-0.05, 0) is 18.2 Å². The number of rotatable bonds is 0. The van der Waals surface area contributed by atoms with Crippen molar-refractivity contribution >= 4 is 22.6 Å². The van der Waals surface area contributed by atoms with Crippen molar-refractivity contribution in [3.8, 4) is 17.9 Å². The topological polar surface area (TPSA) is 52.5 Å². The summed E-state index contributed by atoms with van der Waals surface area (Å²) in [7, 11) is 0. The monoisotopic (exact) mass is 277 g/mol. The number of H-pyrrole nitrogens is 1. The predicted octanol–water partition coefficient (Wildman–Crippen LogP) is 3.49. The maximum absolute atomic E-state index is 9.02. The molecule has 2 aromatic heterocycles. The Kier molecular flexibility index (Phi) is 3.13. The number of nitriles is 1. The van der Waals surface area contributed by atoms with Crippen LogP contribution in [0, 0.1) is 23.2 Å². The van der Waals surface area contributed by atoms with Gasteiger partial charge in [-0.2, -0.15) is 5.26 Å². The minimum absolute atomic E-state index is 0.548. The van der Waals surface area contributed by atoms with Crippen LogP contribution >= 0.6 is 11.6 Å². The molecule has 0 fully saturated rings. The Bertz CT molecular complexity index is 891. The number of aromatic nitrogens is 2. The second-order valence-electron chi connectivity index (χ2n) is 4.13. The number of nitrogens with zero attached hydrogens (tertiary/aromatic N) is 2. The first-order chi connectivity index (χ1) is 9.79. The summed E-state index contributed by atoms with van der Waals surface area (Å²) in [5.74, 6) is 5.95. The van der Waals surface area contributed by atoms with Gasteiger partial charge in [-0.3, -0.25) is 0 Å². The van der Waals surface area contributed by atoms with Crippen molar-refractivity contribution in [3.05, 3.63) is 64.4 Å². The molecule has 94 valence electrons. The van der Waals surface area contributed by atoms with Crippen LogP contribution in [0.15, 0.2) is 42.7 Å². The van der Waals surface area contributed by atoms with Crippen molar-refractivity contribution < 1.29 is 0 Å². The molecule has 0 unspecified atom stereocenters. The maximum Gasteiger partial charge on any atom is 0.138 e. The predicted molar refractivity (Wildman–Crippen MR) is 78.2 cm³/mol. The minimum atomic E-state index is 0.548. The van der Waals surface area contributed by atoms with Crippen molar-refractivity contribution in [3.63, 3.8) is 0 Å². The summed E-state index contributed by atoms with van der Waals surface area (Å²) >= 11 is 6.30. The van der Waals surface area contributed by atoms with Crippen LogP contribution in [0.5, 0.6) is 0 Å².